The summed E-state index contributed by atoms with van der Waals surface area (Å²) in [6, 6.07) is 5.13. The minimum absolute atomic E-state index is 0.0613. The van der Waals surface area contributed by atoms with Crippen LogP contribution in [0.3, 0.4) is 0 Å². The number of nitrogens with two attached hydrogens (primary N) is 1. The maximum absolute atomic E-state index is 11.6. The maximum atomic E-state index is 11.6. The Hall–Kier alpha value is -2.88. The monoisotopic (exact) mass is 257 g/mol. The van der Waals surface area contributed by atoms with Crippen LogP contribution in [0.4, 0.5) is 5.69 Å². The van der Waals surface area contributed by atoms with E-state index in [0.29, 0.717) is 11.4 Å². The van der Waals surface area contributed by atoms with Gasteiger partial charge in [0.1, 0.15) is 11.8 Å². The first kappa shape index (κ1) is 12.6. The highest BCUT2D eigenvalue weighted by molar-refractivity contribution is 5.92. The van der Waals surface area contributed by atoms with E-state index in [4.69, 9.17) is 15.7 Å². The standard InChI is InChI=1S/C12H11N5O2/c1-2-19-12(18)11-10(14)7-17(16-11)9-4-3-8(5-13)15-6-9/h3-4,6-7H,2,14H2,1H3. The minimum atomic E-state index is -0.569. The molecule has 2 heterocycles. The zero-order valence-corrected chi connectivity index (χ0v) is 10.2. The Morgan fingerprint density at radius 1 is 1.58 bits per heavy atom. The number of hydrogen-bond donors (Lipinski definition) is 1. The quantitative estimate of drug-likeness (QED) is 0.818. The molecular weight excluding hydrogens is 246 g/mol. The topological polar surface area (TPSA) is 107 Å². The lowest BCUT2D eigenvalue weighted by molar-refractivity contribution is 0.0520. The van der Waals surface area contributed by atoms with E-state index in [1.54, 1.807) is 19.1 Å². The molecule has 0 saturated carbocycles. The zero-order chi connectivity index (χ0) is 13.8. The number of rotatable bonds is 3. The summed E-state index contributed by atoms with van der Waals surface area (Å²) in [6.45, 7) is 1.96. The van der Waals surface area contributed by atoms with Crippen molar-refractivity contribution in [3.8, 4) is 11.8 Å². The lowest BCUT2D eigenvalue weighted by Crippen LogP contribution is -2.08. The molecule has 7 heteroatoms. The normalized spacial score (nSPS) is 9.89. The number of nitriles is 1. The predicted octanol–water partition coefficient (Wildman–Crippen LogP) is 0.898. The predicted molar refractivity (Wildman–Crippen MR) is 66.4 cm³/mol. The fourth-order valence-corrected chi connectivity index (χ4v) is 1.47. The third-order valence-corrected chi connectivity index (χ3v) is 2.34. The van der Waals surface area contributed by atoms with Crippen molar-refractivity contribution in [3.05, 3.63) is 35.9 Å². The van der Waals surface area contributed by atoms with Gasteiger partial charge in [-0.15, -0.1) is 0 Å². The fraction of sp³-hybridized carbons (Fsp3) is 0.167. The van der Waals surface area contributed by atoms with Crippen LogP contribution in [0, 0.1) is 11.3 Å². The van der Waals surface area contributed by atoms with E-state index in [1.807, 2.05) is 6.07 Å². The number of aromatic nitrogens is 3. The number of carbonyl (C=O) groups is 1. The van der Waals surface area contributed by atoms with Crippen molar-refractivity contribution in [2.24, 2.45) is 0 Å². The summed E-state index contributed by atoms with van der Waals surface area (Å²) in [5, 5.41) is 12.7. The third-order valence-electron chi connectivity index (χ3n) is 2.34. The van der Waals surface area contributed by atoms with Crippen molar-refractivity contribution in [1.29, 1.82) is 5.26 Å². The van der Waals surface area contributed by atoms with Crippen LogP contribution >= 0.6 is 0 Å². The summed E-state index contributed by atoms with van der Waals surface area (Å²) < 4.78 is 6.25. The first-order chi connectivity index (χ1) is 9.15. The molecule has 0 radical (unpaired) electrons. The van der Waals surface area contributed by atoms with Crippen LogP contribution in [0.1, 0.15) is 23.1 Å². The molecule has 0 aliphatic rings. The molecule has 0 bridgehead atoms. The van der Waals surface area contributed by atoms with Gasteiger partial charge in [-0.25, -0.2) is 14.5 Å². The summed E-state index contributed by atoms with van der Waals surface area (Å²) in [7, 11) is 0. The summed E-state index contributed by atoms with van der Waals surface area (Å²) in [5.74, 6) is -0.569. The lowest BCUT2D eigenvalue weighted by atomic mass is 10.3. The Morgan fingerprint density at radius 2 is 2.37 bits per heavy atom. The van der Waals surface area contributed by atoms with Crippen LogP contribution in [0.25, 0.3) is 5.69 Å². The third kappa shape index (κ3) is 2.52. The van der Waals surface area contributed by atoms with E-state index >= 15 is 0 Å². The fourth-order valence-electron chi connectivity index (χ4n) is 1.47. The largest absolute Gasteiger partial charge is 0.461 e. The molecule has 7 nitrogen and oxygen atoms in total. The molecule has 0 fully saturated rings. The van der Waals surface area contributed by atoms with Crippen molar-refractivity contribution in [3.63, 3.8) is 0 Å². The van der Waals surface area contributed by atoms with Crippen molar-refractivity contribution in [2.45, 2.75) is 6.92 Å². The molecule has 19 heavy (non-hydrogen) atoms. The first-order valence-corrected chi connectivity index (χ1v) is 5.54. The van der Waals surface area contributed by atoms with E-state index in [2.05, 4.69) is 10.1 Å². The second kappa shape index (κ2) is 5.18. The van der Waals surface area contributed by atoms with Crippen LogP contribution in [0.15, 0.2) is 24.5 Å². The minimum Gasteiger partial charge on any atom is -0.461 e. The molecule has 2 aromatic heterocycles. The van der Waals surface area contributed by atoms with Crippen molar-refractivity contribution < 1.29 is 9.53 Å². The maximum Gasteiger partial charge on any atom is 0.361 e. The number of ether oxygens (including phenoxy) is 1. The summed E-state index contributed by atoms with van der Waals surface area (Å²) in [6.07, 6.45) is 2.97. The molecule has 0 amide bonds. The van der Waals surface area contributed by atoms with Gasteiger partial charge in [0.25, 0.3) is 0 Å². The van der Waals surface area contributed by atoms with E-state index in [-0.39, 0.29) is 18.0 Å². The number of anilines is 1. The molecule has 0 aliphatic heterocycles. The average Bonchev–Trinajstić information content (AvgIpc) is 2.81. The van der Waals surface area contributed by atoms with Crippen LogP contribution in [-0.2, 0) is 4.74 Å². The second-order valence-corrected chi connectivity index (χ2v) is 3.61. The van der Waals surface area contributed by atoms with Crippen molar-refractivity contribution in [2.75, 3.05) is 12.3 Å². The summed E-state index contributed by atoms with van der Waals surface area (Å²) in [5.41, 5.74) is 6.89. The van der Waals surface area contributed by atoms with Gasteiger partial charge in [-0.05, 0) is 19.1 Å². The highest BCUT2D eigenvalue weighted by Gasteiger charge is 2.16. The summed E-state index contributed by atoms with van der Waals surface area (Å²) in [4.78, 5) is 15.5. The van der Waals surface area contributed by atoms with Gasteiger partial charge in [-0.2, -0.15) is 10.4 Å². The number of hydrogen-bond acceptors (Lipinski definition) is 6. The van der Waals surface area contributed by atoms with E-state index in [1.165, 1.54) is 17.1 Å². The van der Waals surface area contributed by atoms with Gasteiger partial charge in [-0.3, -0.25) is 0 Å². The first-order valence-electron chi connectivity index (χ1n) is 5.54. The highest BCUT2D eigenvalue weighted by atomic mass is 16.5. The Kier molecular flexibility index (Phi) is 3.43. The smallest absolute Gasteiger partial charge is 0.361 e. The summed E-state index contributed by atoms with van der Waals surface area (Å²) >= 11 is 0. The Morgan fingerprint density at radius 3 is 2.95 bits per heavy atom. The van der Waals surface area contributed by atoms with Crippen LogP contribution in [-0.4, -0.2) is 27.3 Å². The molecule has 96 valence electrons. The molecule has 0 unspecified atom stereocenters. The molecule has 2 rings (SSSR count). The van der Waals surface area contributed by atoms with Gasteiger partial charge < -0.3 is 10.5 Å². The van der Waals surface area contributed by atoms with Crippen LogP contribution < -0.4 is 5.73 Å². The van der Waals surface area contributed by atoms with Gasteiger partial charge in [-0.1, -0.05) is 0 Å². The van der Waals surface area contributed by atoms with Gasteiger partial charge in [0.15, 0.2) is 5.69 Å². The molecule has 2 aromatic rings. The van der Waals surface area contributed by atoms with Crippen molar-refractivity contribution in [1.82, 2.24) is 14.8 Å². The van der Waals surface area contributed by atoms with Crippen LogP contribution in [0.2, 0.25) is 0 Å². The molecule has 0 atom stereocenters. The highest BCUT2D eigenvalue weighted by Crippen LogP contribution is 2.14. The average molecular weight is 257 g/mol. The second-order valence-electron chi connectivity index (χ2n) is 3.61. The molecule has 0 saturated heterocycles. The number of pyridine rings is 1. The number of nitrogen functional groups attached to an aromatic ring is 1. The Labute approximate surface area is 109 Å². The zero-order valence-electron chi connectivity index (χ0n) is 10.2. The van der Waals surface area contributed by atoms with E-state index < -0.39 is 5.97 Å². The lowest BCUT2D eigenvalue weighted by Gasteiger charge is -2.00. The van der Waals surface area contributed by atoms with Gasteiger partial charge >= 0.3 is 5.97 Å². The Balaban J connectivity index is 2.33. The molecule has 0 aromatic carbocycles. The van der Waals surface area contributed by atoms with Crippen LogP contribution in [0.5, 0.6) is 0 Å². The van der Waals surface area contributed by atoms with E-state index in [0.717, 1.165) is 0 Å². The number of nitrogens with zero attached hydrogens (tertiary/aromatic N) is 4. The molecular formula is C12H11N5O2. The Bertz CT molecular complexity index is 639. The van der Waals surface area contributed by atoms with E-state index in [9.17, 15) is 4.79 Å². The molecule has 2 N–H and O–H groups in total. The number of esters is 1. The number of carbonyl (C=O) groups excluding carboxylic acids is 1. The van der Waals surface area contributed by atoms with Crippen molar-refractivity contribution >= 4 is 11.7 Å². The van der Waals surface area contributed by atoms with Gasteiger partial charge in [0, 0.05) is 0 Å². The SMILES string of the molecule is CCOC(=O)c1nn(-c2ccc(C#N)nc2)cc1N. The molecule has 0 spiro atoms. The van der Waals surface area contributed by atoms with Gasteiger partial charge in [0.05, 0.1) is 30.4 Å². The van der Waals surface area contributed by atoms with Gasteiger partial charge in [0.2, 0.25) is 0 Å². The molecule has 0 aliphatic carbocycles.